The van der Waals surface area contributed by atoms with E-state index in [4.69, 9.17) is 16.3 Å². The molecule has 0 fully saturated rings. The van der Waals surface area contributed by atoms with Crippen molar-refractivity contribution < 1.29 is 24.2 Å². The lowest BCUT2D eigenvalue weighted by Gasteiger charge is -2.18. The minimum atomic E-state index is -1.15. The number of rotatable bonds is 9. The zero-order valence-corrected chi connectivity index (χ0v) is 18.3. The number of hydrogen-bond acceptors (Lipinski definition) is 4. The molecule has 0 aliphatic heterocycles. The maximum Gasteiger partial charge on any atom is 0.326 e. The van der Waals surface area contributed by atoms with Gasteiger partial charge in [0.25, 0.3) is 11.8 Å². The van der Waals surface area contributed by atoms with Crippen LogP contribution in [0, 0.1) is 5.92 Å². The fraction of sp³-hybridized carbons (Fsp3) is 0.261. The molecule has 2 aromatic carbocycles. The molecule has 2 aromatic rings. The standard InChI is InChI=1S/C23H25ClN2O5/c1-14(2)12-20(23(29)30)26-22(28)19(13-16-6-4-5-7-18(16)24)25-21(27)15-8-10-17(31-3)11-9-15/h4-11,13-14,20H,12H2,1-3H3,(H,25,27)(H,26,28)(H,29,30)/b19-13+. The van der Waals surface area contributed by atoms with Crippen LogP contribution in [-0.2, 0) is 9.59 Å². The van der Waals surface area contributed by atoms with Crippen molar-refractivity contribution in [3.63, 3.8) is 0 Å². The lowest BCUT2D eigenvalue weighted by molar-refractivity contribution is -0.141. The van der Waals surface area contributed by atoms with Crippen LogP contribution >= 0.6 is 11.6 Å². The molecule has 31 heavy (non-hydrogen) atoms. The second kappa shape index (κ2) is 11.2. The summed E-state index contributed by atoms with van der Waals surface area (Å²) in [7, 11) is 1.51. The Balaban J connectivity index is 2.33. The maximum absolute atomic E-state index is 12.9. The van der Waals surface area contributed by atoms with Gasteiger partial charge in [-0.05, 0) is 54.3 Å². The van der Waals surface area contributed by atoms with E-state index in [1.807, 2.05) is 13.8 Å². The maximum atomic E-state index is 12.9. The van der Waals surface area contributed by atoms with Crippen LogP contribution in [0.3, 0.4) is 0 Å². The first-order valence-corrected chi connectivity index (χ1v) is 10.0. The molecule has 7 nitrogen and oxygen atoms in total. The summed E-state index contributed by atoms with van der Waals surface area (Å²) < 4.78 is 5.08. The quantitative estimate of drug-likeness (QED) is 0.511. The van der Waals surface area contributed by atoms with Gasteiger partial charge in [-0.25, -0.2) is 4.79 Å². The fourth-order valence-corrected chi connectivity index (χ4v) is 2.96. The van der Waals surface area contributed by atoms with E-state index >= 15 is 0 Å². The highest BCUT2D eigenvalue weighted by atomic mass is 35.5. The Bertz CT molecular complexity index is 970. The summed E-state index contributed by atoms with van der Waals surface area (Å²) >= 11 is 6.19. The van der Waals surface area contributed by atoms with E-state index in [9.17, 15) is 19.5 Å². The van der Waals surface area contributed by atoms with Gasteiger partial charge in [-0.3, -0.25) is 9.59 Å². The molecule has 164 valence electrons. The molecule has 0 bridgehead atoms. The van der Waals surface area contributed by atoms with Crippen molar-refractivity contribution in [2.45, 2.75) is 26.3 Å². The Kier molecular flexibility index (Phi) is 8.63. The Morgan fingerprint density at radius 3 is 2.29 bits per heavy atom. The first kappa shape index (κ1) is 24.0. The number of ether oxygens (including phenoxy) is 1. The molecule has 0 aliphatic rings. The van der Waals surface area contributed by atoms with Crippen molar-refractivity contribution in [2.75, 3.05) is 7.11 Å². The predicted molar refractivity (Wildman–Crippen MR) is 119 cm³/mol. The van der Waals surface area contributed by atoms with E-state index in [0.29, 0.717) is 21.9 Å². The summed E-state index contributed by atoms with van der Waals surface area (Å²) in [5.74, 6) is -1.78. The molecule has 1 atom stereocenters. The fourth-order valence-electron chi connectivity index (χ4n) is 2.77. The highest BCUT2D eigenvalue weighted by molar-refractivity contribution is 6.32. The number of amides is 2. The predicted octanol–water partition coefficient (Wildman–Crippen LogP) is 3.74. The summed E-state index contributed by atoms with van der Waals surface area (Å²) in [4.78, 5) is 37.2. The topological polar surface area (TPSA) is 105 Å². The van der Waals surface area contributed by atoms with Crippen LogP contribution in [0.4, 0.5) is 0 Å². The molecule has 0 aromatic heterocycles. The number of carbonyl (C=O) groups is 3. The molecule has 0 radical (unpaired) electrons. The lowest BCUT2D eigenvalue weighted by Crippen LogP contribution is -2.45. The highest BCUT2D eigenvalue weighted by Gasteiger charge is 2.24. The van der Waals surface area contributed by atoms with E-state index in [0.717, 1.165) is 0 Å². The molecule has 0 saturated heterocycles. The normalized spacial score (nSPS) is 12.2. The van der Waals surface area contributed by atoms with Gasteiger partial charge in [0.2, 0.25) is 0 Å². The van der Waals surface area contributed by atoms with Crippen LogP contribution in [0.5, 0.6) is 5.75 Å². The van der Waals surface area contributed by atoms with Crippen molar-refractivity contribution >= 4 is 35.5 Å². The van der Waals surface area contributed by atoms with E-state index < -0.39 is 23.8 Å². The van der Waals surface area contributed by atoms with Crippen LogP contribution in [0.15, 0.2) is 54.2 Å². The van der Waals surface area contributed by atoms with Crippen molar-refractivity contribution in [2.24, 2.45) is 5.92 Å². The van der Waals surface area contributed by atoms with Crippen molar-refractivity contribution in [3.05, 3.63) is 70.4 Å². The zero-order valence-electron chi connectivity index (χ0n) is 17.5. The molecule has 0 aliphatic carbocycles. The van der Waals surface area contributed by atoms with Crippen LogP contribution < -0.4 is 15.4 Å². The van der Waals surface area contributed by atoms with Crippen molar-refractivity contribution in [3.8, 4) is 5.75 Å². The third kappa shape index (κ3) is 7.15. The first-order chi connectivity index (χ1) is 14.7. The summed E-state index contributed by atoms with van der Waals surface area (Å²) in [6.07, 6.45) is 1.65. The molecule has 2 amide bonds. The number of hydrogen-bond donors (Lipinski definition) is 3. The van der Waals surface area contributed by atoms with Gasteiger partial charge in [0.1, 0.15) is 17.5 Å². The van der Waals surface area contributed by atoms with E-state index in [1.54, 1.807) is 48.5 Å². The number of benzene rings is 2. The number of carboxylic acids is 1. The van der Waals surface area contributed by atoms with E-state index in [2.05, 4.69) is 10.6 Å². The van der Waals surface area contributed by atoms with Crippen molar-refractivity contribution in [1.29, 1.82) is 0 Å². The number of nitrogens with one attached hydrogen (secondary N) is 2. The highest BCUT2D eigenvalue weighted by Crippen LogP contribution is 2.18. The number of carbonyl (C=O) groups excluding carboxylic acids is 2. The van der Waals surface area contributed by atoms with E-state index in [1.165, 1.54) is 13.2 Å². The summed E-state index contributed by atoms with van der Waals surface area (Å²) in [6.45, 7) is 3.71. The molecule has 1 unspecified atom stereocenters. The number of halogens is 1. The first-order valence-electron chi connectivity index (χ1n) is 9.66. The van der Waals surface area contributed by atoms with E-state index in [-0.39, 0.29) is 18.0 Å². The van der Waals surface area contributed by atoms with Gasteiger partial charge in [0.05, 0.1) is 7.11 Å². The van der Waals surface area contributed by atoms with Crippen LogP contribution in [0.25, 0.3) is 6.08 Å². The van der Waals surface area contributed by atoms with Gasteiger partial charge < -0.3 is 20.5 Å². The van der Waals surface area contributed by atoms with Crippen molar-refractivity contribution in [1.82, 2.24) is 10.6 Å². The number of methoxy groups -OCH3 is 1. The SMILES string of the molecule is COc1ccc(C(=O)N/C(=C/c2ccccc2Cl)C(=O)NC(CC(C)C)C(=O)O)cc1. The molecule has 3 N–H and O–H groups in total. The van der Waals surface area contributed by atoms with Gasteiger partial charge in [-0.2, -0.15) is 0 Å². The average molecular weight is 445 g/mol. The summed E-state index contributed by atoms with van der Waals surface area (Å²) in [6, 6.07) is 12.0. The molecule has 0 heterocycles. The Labute approximate surface area is 186 Å². The third-order valence-electron chi connectivity index (χ3n) is 4.36. The summed E-state index contributed by atoms with van der Waals surface area (Å²) in [5.41, 5.74) is 0.680. The van der Waals surface area contributed by atoms with Gasteiger partial charge >= 0.3 is 5.97 Å². The monoisotopic (exact) mass is 444 g/mol. The second-order valence-corrected chi connectivity index (χ2v) is 7.66. The average Bonchev–Trinajstić information content (AvgIpc) is 2.73. The molecule has 0 saturated carbocycles. The molecule has 2 rings (SSSR count). The molecular weight excluding hydrogens is 420 g/mol. The smallest absolute Gasteiger partial charge is 0.326 e. The lowest BCUT2D eigenvalue weighted by atomic mass is 10.0. The van der Waals surface area contributed by atoms with Crippen LogP contribution in [0.1, 0.15) is 36.2 Å². The minimum absolute atomic E-state index is 0.0475. The Hall–Kier alpha value is -3.32. The molecule has 0 spiro atoms. The third-order valence-corrected chi connectivity index (χ3v) is 4.70. The van der Waals surface area contributed by atoms with Gasteiger partial charge in [-0.15, -0.1) is 0 Å². The van der Waals surface area contributed by atoms with Gasteiger partial charge in [0.15, 0.2) is 0 Å². The Morgan fingerprint density at radius 2 is 1.74 bits per heavy atom. The van der Waals surface area contributed by atoms with Crippen LogP contribution in [-0.4, -0.2) is 36.0 Å². The Morgan fingerprint density at radius 1 is 1.10 bits per heavy atom. The molecular formula is C23H25ClN2O5. The largest absolute Gasteiger partial charge is 0.497 e. The van der Waals surface area contributed by atoms with Crippen LogP contribution in [0.2, 0.25) is 5.02 Å². The number of carboxylic acid groups (broad SMARTS) is 1. The molecule has 8 heteroatoms. The second-order valence-electron chi connectivity index (χ2n) is 7.26. The van der Waals surface area contributed by atoms with Gasteiger partial charge in [0, 0.05) is 10.6 Å². The summed E-state index contributed by atoms with van der Waals surface area (Å²) in [5, 5.41) is 14.9. The van der Waals surface area contributed by atoms with Gasteiger partial charge in [-0.1, -0.05) is 43.6 Å². The number of aliphatic carboxylic acids is 1. The zero-order chi connectivity index (χ0) is 23.0. The minimum Gasteiger partial charge on any atom is -0.497 e.